The highest BCUT2D eigenvalue weighted by molar-refractivity contribution is 6.42. The van der Waals surface area contributed by atoms with E-state index in [0.717, 1.165) is 4.68 Å². The molecule has 0 saturated carbocycles. The maximum Gasteiger partial charge on any atom is 0.328 e. The maximum absolute atomic E-state index is 12.3. The van der Waals surface area contributed by atoms with Gasteiger partial charge >= 0.3 is 5.97 Å². The normalized spacial score (nSPS) is 10.7. The van der Waals surface area contributed by atoms with Crippen molar-refractivity contribution in [1.82, 2.24) is 9.78 Å². The molecule has 138 valence electrons. The van der Waals surface area contributed by atoms with Crippen molar-refractivity contribution < 1.29 is 14.3 Å². The summed E-state index contributed by atoms with van der Waals surface area (Å²) in [6.45, 7) is -1.07. The molecule has 1 heterocycles. The second-order valence-electron chi connectivity index (χ2n) is 5.59. The summed E-state index contributed by atoms with van der Waals surface area (Å²) in [6.07, 6.45) is 0. The smallest absolute Gasteiger partial charge is 0.328 e. The molecule has 1 N–H and O–H groups in total. The van der Waals surface area contributed by atoms with E-state index in [4.69, 9.17) is 27.9 Å². The predicted octanol–water partition coefficient (Wildman–Crippen LogP) is 2.42. The Hall–Kier alpha value is -2.90. The lowest BCUT2D eigenvalue weighted by atomic mass is 10.1. The van der Waals surface area contributed by atoms with Crippen molar-refractivity contribution in [1.29, 1.82) is 0 Å². The number of aromatic nitrogens is 2. The van der Waals surface area contributed by atoms with Crippen LogP contribution in [0.25, 0.3) is 10.8 Å². The lowest BCUT2D eigenvalue weighted by Gasteiger charge is -2.08. The van der Waals surface area contributed by atoms with Gasteiger partial charge in [-0.1, -0.05) is 35.3 Å². The number of fused-ring (bicyclic) bond motifs is 1. The number of hydrogen-bond donors (Lipinski definition) is 1. The second-order valence-corrected chi connectivity index (χ2v) is 6.40. The summed E-state index contributed by atoms with van der Waals surface area (Å²) in [5, 5.41) is 3.22. The van der Waals surface area contributed by atoms with E-state index < -0.39 is 36.0 Å². The molecule has 0 aliphatic heterocycles. The molecule has 0 radical (unpaired) electrons. The quantitative estimate of drug-likeness (QED) is 0.518. The molecule has 0 aliphatic rings. The van der Waals surface area contributed by atoms with Crippen molar-refractivity contribution in [2.75, 3.05) is 6.61 Å². The maximum atomic E-state index is 12.3. The summed E-state index contributed by atoms with van der Waals surface area (Å²) in [7, 11) is 0. The second kappa shape index (κ2) is 7.77. The number of ether oxygens (including phenoxy) is 1. The molecule has 0 unspecified atom stereocenters. The highest BCUT2D eigenvalue weighted by atomic mass is 35.5. The van der Waals surface area contributed by atoms with E-state index in [-0.39, 0.29) is 21.4 Å². The van der Waals surface area contributed by atoms with Crippen molar-refractivity contribution in [3.63, 3.8) is 0 Å². The van der Waals surface area contributed by atoms with Gasteiger partial charge < -0.3 is 4.74 Å². The number of ketones is 1. The lowest BCUT2D eigenvalue weighted by molar-refractivity contribution is -0.143. The molecule has 0 atom stereocenters. The van der Waals surface area contributed by atoms with Gasteiger partial charge in [-0.3, -0.25) is 24.3 Å². The molecule has 27 heavy (non-hydrogen) atoms. The van der Waals surface area contributed by atoms with Crippen LogP contribution in [-0.2, 0) is 16.1 Å². The van der Waals surface area contributed by atoms with Gasteiger partial charge in [-0.25, -0.2) is 4.68 Å². The van der Waals surface area contributed by atoms with Gasteiger partial charge in [-0.2, -0.15) is 0 Å². The first kappa shape index (κ1) is 18.9. The van der Waals surface area contributed by atoms with Gasteiger partial charge in [-0.15, -0.1) is 0 Å². The molecule has 1 aromatic heterocycles. The number of nitrogens with zero attached hydrogens (tertiary/aromatic N) is 1. The first-order valence-electron chi connectivity index (χ1n) is 7.72. The Labute approximate surface area is 162 Å². The third-order valence-corrected chi connectivity index (χ3v) is 4.52. The molecular formula is C18H12Cl2N2O5. The summed E-state index contributed by atoms with van der Waals surface area (Å²) in [6, 6.07) is 10.5. The molecular weight excluding hydrogens is 395 g/mol. The molecule has 7 nitrogen and oxygen atoms in total. The molecule has 0 spiro atoms. The predicted molar refractivity (Wildman–Crippen MR) is 101 cm³/mol. The fraction of sp³-hybridized carbons (Fsp3) is 0.111. The minimum atomic E-state index is -0.851. The van der Waals surface area contributed by atoms with Crippen molar-refractivity contribution in [3.8, 4) is 0 Å². The van der Waals surface area contributed by atoms with E-state index in [1.54, 1.807) is 12.1 Å². The zero-order chi connectivity index (χ0) is 19.6. The van der Waals surface area contributed by atoms with Crippen LogP contribution in [0.15, 0.2) is 52.1 Å². The zero-order valence-corrected chi connectivity index (χ0v) is 15.2. The van der Waals surface area contributed by atoms with Gasteiger partial charge in [0.05, 0.1) is 20.8 Å². The third kappa shape index (κ3) is 4.10. The first-order valence-corrected chi connectivity index (χ1v) is 8.48. The Bertz CT molecular complexity index is 1170. The van der Waals surface area contributed by atoms with Gasteiger partial charge in [0.2, 0.25) is 0 Å². The van der Waals surface area contributed by atoms with Crippen LogP contribution in [0.5, 0.6) is 0 Å². The van der Waals surface area contributed by atoms with Crippen molar-refractivity contribution >= 4 is 45.7 Å². The van der Waals surface area contributed by atoms with Gasteiger partial charge in [0, 0.05) is 5.56 Å². The average molecular weight is 407 g/mol. The number of halogens is 2. The summed E-state index contributed by atoms with van der Waals surface area (Å²) < 4.78 is 5.74. The minimum absolute atomic E-state index is 0.181. The standard InChI is InChI=1S/C18H12Cl2N2O5/c19-13-6-5-10(7-14(13)20)15(23)9-27-16(24)8-22-18(26)12-4-2-1-3-11(12)17(25)21-22/h1-7H,8-9H2,(H,21,25). The number of carbonyl (C=O) groups excluding carboxylic acids is 2. The molecule has 0 bridgehead atoms. The highest BCUT2D eigenvalue weighted by Crippen LogP contribution is 2.22. The zero-order valence-electron chi connectivity index (χ0n) is 13.7. The Morgan fingerprint density at radius 2 is 1.70 bits per heavy atom. The fourth-order valence-electron chi connectivity index (χ4n) is 2.43. The van der Waals surface area contributed by atoms with E-state index >= 15 is 0 Å². The summed E-state index contributed by atoms with van der Waals surface area (Å²) in [5.74, 6) is -1.34. The van der Waals surface area contributed by atoms with Gasteiger partial charge in [0.25, 0.3) is 11.1 Å². The first-order chi connectivity index (χ1) is 12.9. The molecule has 3 aromatic rings. The van der Waals surface area contributed by atoms with Crippen molar-refractivity contribution in [2.24, 2.45) is 0 Å². The average Bonchev–Trinajstić information content (AvgIpc) is 2.66. The number of aromatic amines is 1. The summed E-state index contributed by atoms with van der Waals surface area (Å²) in [4.78, 5) is 48.4. The Morgan fingerprint density at radius 1 is 1.00 bits per heavy atom. The number of esters is 1. The van der Waals surface area contributed by atoms with E-state index in [0.29, 0.717) is 5.02 Å². The molecule has 0 amide bonds. The molecule has 2 aromatic carbocycles. The van der Waals surface area contributed by atoms with Crippen LogP contribution in [0.4, 0.5) is 0 Å². The fourth-order valence-corrected chi connectivity index (χ4v) is 2.73. The van der Waals surface area contributed by atoms with Crippen LogP contribution in [0.1, 0.15) is 10.4 Å². The summed E-state index contributed by atoms with van der Waals surface area (Å²) in [5.41, 5.74) is -0.823. The Balaban J connectivity index is 1.71. The molecule has 3 rings (SSSR count). The van der Waals surface area contributed by atoms with E-state index in [2.05, 4.69) is 5.10 Å². The van der Waals surface area contributed by atoms with Crippen LogP contribution < -0.4 is 11.1 Å². The Kier molecular flexibility index (Phi) is 5.43. The highest BCUT2D eigenvalue weighted by Gasteiger charge is 2.14. The topological polar surface area (TPSA) is 98.2 Å². The SMILES string of the molecule is O=C(Cn1[nH]c(=O)c2ccccc2c1=O)OCC(=O)c1ccc(Cl)c(Cl)c1. The number of H-pyrrole nitrogens is 1. The van der Waals surface area contributed by atoms with Crippen LogP contribution in [-0.4, -0.2) is 28.1 Å². The van der Waals surface area contributed by atoms with E-state index in [9.17, 15) is 19.2 Å². The van der Waals surface area contributed by atoms with Crippen LogP contribution in [0, 0.1) is 0 Å². The monoisotopic (exact) mass is 406 g/mol. The number of nitrogens with one attached hydrogen (secondary N) is 1. The van der Waals surface area contributed by atoms with Gasteiger partial charge in [0.1, 0.15) is 6.54 Å². The minimum Gasteiger partial charge on any atom is -0.456 e. The van der Waals surface area contributed by atoms with Crippen molar-refractivity contribution in [3.05, 3.63) is 78.8 Å². The summed E-state index contributed by atoms with van der Waals surface area (Å²) >= 11 is 11.6. The van der Waals surface area contributed by atoms with Gasteiger partial charge in [-0.05, 0) is 30.3 Å². The lowest BCUT2D eigenvalue weighted by Crippen LogP contribution is -2.33. The van der Waals surface area contributed by atoms with Crippen LogP contribution in [0.3, 0.4) is 0 Å². The molecule has 9 heteroatoms. The van der Waals surface area contributed by atoms with E-state index in [1.165, 1.54) is 30.3 Å². The number of benzene rings is 2. The van der Waals surface area contributed by atoms with Crippen LogP contribution >= 0.6 is 23.2 Å². The molecule has 0 aliphatic carbocycles. The largest absolute Gasteiger partial charge is 0.456 e. The Morgan fingerprint density at radius 3 is 2.41 bits per heavy atom. The van der Waals surface area contributed by atoms with Crippen molar-refractivity contribution in [2.45, 2.75) is 6.54 Å². The number of Topliss-reactive ketones (excluding diaryl/α,β-unsaturated/α-hetero) is 1. The molecule has 0 saturated heterocycles. The third-order valence-electron chi connectivity index (χ3n) is 3.78. The van der Waals surface area contributed by atoms with Gasteiger partial charge in [0.15, 0.2) is 12.4 Å². The number of hydrogen-bond acceptors (Lipinski definition) is 5. The number of rotatable bonds is 5. The van der Waals surface area contributed by atoms with Crippen LogP contribution in [0.2, 0.25) is 10.0 Å². The van der Waals surface area contributed by atoms with E-state index in [1.807, 2.05) is 0 Å². The number of carbonyl (C=O) groups is 2. The molecule has 0 fully saturated rings.